The molecule has 3 aromatic rings. The van der Waals surface area contributed by atoms with Crippen molar-refractivity contribution in [3.8, 4) is 11.5 Å². The van der Waals surface area contributed by atoms with Crippen molar-refractivity contribution < 1.29 is 0 Å². The van der Waals surface area contributed by atoms with Crippen LogP contribution in [0, 0.1) is 0 Å². The Morgan fingerprint density at radius 1 is 1.24 bits per heavy atom. The Balaban J connectivity index is 2.29. The molecule has 2 N–H and O–H groups in total. The molecule has 0 radical (unpaired) electrons. The van der Waals surface area contributed by atoms with E-state index in [1.165, 1.54) is 0 Å². The predicted molar refractivity (Wildman–Crippen MR) is 68.4 cm³/mol. The summed E-state index contributed by atoms with van der Waals surface area (Å²) in [5, 5.41) is 2.06. The normalized spacial score (nSPS) is 10.9. The molecule has 0 aliphatic heterocycles. The molecule has 0 bridgehead atoms. The molecule has 2 aromatic heterocycles. The molecular weight excluding hydrogens is 212 g/mol. The maximum absolute atomic E-state index is 5.97. The quantitative estimate of drug-likeness (QED) is 0.689. The SMILES string of the molecule is Cn1ccnc1-c1cc2ccccc2c(N)n1. The van der Waals surface area contributed by atoms with E-state index in [-0.39, 0.29) is 0 Å². The standard InChI is InChI=1S/C13H12N4/c1-17-7-6-15-13(17)11-8-9-4-2-3-5-10(9)12(14)16-11/h2-8H,1H3,(H2,14,16). The van der Waals surface area contributed by atoms with E-state index in [4.69, 9.17) is 5.73 Å². The number of fused-ring (bicyclic) bond motifs is 1. The van der Waals surface area contributed by atoms with E-state index in [1.807, 2.05) is 48.1 Å². The number of nitrogens with two attached hydrogens (primary N) is 1. The third-order valence-corrected chi connectivity index (χ3v) is 2.82. The molecule has 0 amide bonds. The number of rotatable bonds is 1. The highest BCUT2D eigenvalue weighted by atomic mass is 15.1. The monoisotopic (exact) mass is 224 g/mol. The largest absolute Gasteiger partial charge is 0.383 e. The molecule has 84 valence electrons. The highest BCUT2D eigenvalue weighted by molar-refractivity contribution is 5.93. The predicted octanol–water partition coefficient (Wildman–Crippen LogP) is 2.22. The van der Waals surface area contributed by atoms with Crippen molar-refractivity contribution in [2.24, 2.45) is 7.05 Å². The lowest BCUT2D eigenvalue weighted by Crippen LogP contribution is -1.98. The van der Waals surface area contributed by atoms with E-state index >= 15 is 0 Å². The average molecular weight is 224 g/mol. The van der Waals surface area contributed by atoms with E-state index in [1.54, 1.807) is 6.20 Å². The number of imidazole rings is 1. The number of nitrogen functional groups attached to an aromatic ring is 1. The average Bonchev–Trinajstić information content (AvgIpc) is 2.75. The summed E-state index contributed by atoms with van der Waals surface area (Å²) in [7, 11) is 1.94. The third-order valence-electron chi connectivity index (χ3n) is 2.82. The van der Waals surface area contributed by atoms with Gasteiger partial charge in [-0.2, -0.15) is 0 Å². The van der Waals surface area contributed by atoms with Crippen LogP contribution in [0.4, 0.5) is 5.82 Å². The molecule has 0 atom stereocenters. The van der Waals surface area contributed by atoms with Gasteiger partial charge in [-0.25, -0.2) is 9.97 Å². The minimum absolute atomic E-state index is 0.543. The second kappa shape index (κ2) is 3.59. The van der Waals surface area contributed by atoms with Gasteiger partial charge in [0.1, 0.15) is 11.5 Å². The van der Waals surface area contributed by atoms with Crippen LogP contribution < -0.4 is 5.73 Å². The maximum Gasteiger partial charge on any atom is 0.158 e. The highest BCUT2D eigenvalue weighted by Crippen LogP contribution is 2.24. The van der Waals surface area contributed by atoms with Crippen molar-refractivity contribution in [2.45, 2.75) is 0 Å². The van der Waals surface area contributed by atoms with Crippen LogP contribution in [0.5, 0.6) is 0 Å². The van der Waals surface area contributed by atoms with Gasteiger partial charge in [-0.05, 0) is 11.5 Å². The fourth-order valence-electron chi connectivity index (χ4n) is 1.95. The number of hydrogen-bond acceptors (Lipinski definition) is 3. The minimum Gasteiger partial charge on any atom is -0.383 e. The Bertz CT molecular complexity index is 685. The van der Waals surface area contributed by atoms with E-state index in [9.17, 15) is 0 Å². The van der Waals surface area contributed by atoms with Gasteiger partial charge in [0.25, 0.3) is 0 Å². The van der Waals surface area contributed by atoms with E-state index in [0.717, 1.165) is 22.3 Å². The summed E-state index contributed by atoms with van der Waals surface area (Å²) in [6.07, 6.45) is 3.64. The second-order valence-electron chi connectivity index (χ2n) is 3.98. The molecule has 0 saturated carbocycles. The van der Waals surface area contributed by atoms with Gasteiger partial charge in [0.2, 0.25) is 0 Å². The molecule has 0 fully saturated rings. The molecular formula is C13H12N4. The van der Waals surface area contributed by atoms with Gasteiger partial charge in [-0.15, -0.1) is 0 Å². The van der Waals surface area contributed by atoms with Crippen LogP contribution >= 0.6 is 0 Å². The van der Waals surface area contributed by atoms with Crippen LogP contribution in [-0.4, -0.2) is 14.5 Å². The van der Waals surface area contributed by atoms with Crippen LogP contribution in [-0.2, 0) is 7.05 Å². The summed E-state index contributed by atoms with van der Waals surface area (Å²) >= 11 is 0. The Labute approximate surface area is 98.7 Å². The number of nitrogens with zero attached hydrogens (tertiary/aromatic N) is 3. The summed E-state index contributed by atoms with van der Waals surface area (Å²) in [5.74, 6) is 1.36. The lowest BCUT2D eigenvalue weighted by Gasteiger charge is -2.06. The number of benzene rings is 1. The van der Waals surface area contributed by atoms with E-state index in [0.29, 0.717) is 5.82 Å². The summed E-state index contributed by atoms with van der Waals surface area (Å²) in [4.78, 5) is 8.68. The van der Waals surface area contributed by atoms with Gasteiger partial charge in [-0.1, -0.05) is 24.3 Å². The van der Waals surface area contributed by atoms with Crippen LogP contribution in [0.15, 0.2) is 42.7 Å². The molecule has 17 heavy (non-hydrogen) atoms. The fourth-order valence-corrected chi connectivity index (χ4v) is 1.95. The molecule has 0 spiro atoms. The summed E-state index contributed by atoms with van der Waals surface area (Å²) < 4.78 is 1.93. The summed E-state index contributed by atoms with van der Waals surface area (Å²) in [6, 6.07) is 9.96. The third kappa shape index (κ3) is 1.54. The highest BCUT2D eigenvalue weighted by Gasteiger charge is 2.08. The first kappa shape index (κ1) is 9.84. The lowest BCUT2D eigenvalue weighted by molar-refractivity contribution is 0.919. The van der Waals surface area contributed by atoms with E-state index < -0.39 is 0 Å². The van der Waals surface area contributed by atoms with Crippen molar-refractivity contribution in [1.29, 1.82) is 0 Å². The number of aromatic nitrogens is 3. The molecule has 2 heterocycles. The Hall–Kier alpha value is -2.36. The van der Waals surface area contributed by atoms with Crippen molar-refractivity contribution >= 4 is 16.6 Å². The van der Waals surface area contributed by atoms with Crippen molar-refractivity contribution in [1.82, 2.24) is 14.5 Å². The molecule has 0 unspecified atom stereocenters. The molecule has 1 aromatic carbocycles. The summed E-state index contributed by atoms with van der Waals surface area (Å²) in [5.41, 5.74) is 6.76. The molecule has 0 aliphatic carbocycles. The minimum atomic E-state index is 0.543. The second-order valence-corrected chi connectivity index (χ2v) is 3.98. The van der Waals surface area contributed by atoms with Gasteiger partial charge in [0.05, 0.1) is 0 Å². The van der Waals surface area contributed by atoms with Gasteiger partial charge < -0.3 is 10.3 Å². The lowest BCUT2D eigenvalue weighted by atomic mass is 10.1. The Morgan fingerprint density at radius 3 is 2.82 bits per heavy atom. The topological polar surface area (TPSA) is 56.7 Å². The van der Waals surface area contributed by atoms with E-state index in [2.05, 4.69) is 9.97 Å². The zero-order chi connectivity index (χ0) is 11.8. The molecule has 3 rings (SSSR count). The number of aryl methyl sites for hydroxylation is 1. The van der Waals surface area contributed by atoms with Crippen LogP contribution in [0.2, 0.25) is 0 Å². The van der Waals surface area contributed by atoms with Crippen LogP contribution in [0.3, 0.4) is 0 Å². The fraction of sp³-hybridized carbons (Fsp3) is 0.0769. The molecule has 4 heteroatoms. The van der Waals surface area contributed by atoms with Crippen molar-refractivity contribution in [3.63, 3.8) is 0 Å². The molecule has 0 saturated heterocycles. The van der Waals surface area contributed by atoms with Gasteiger partial charge in [0.15, 0.2) is 5.82 Å². The molecule has 0 aliphatic rings. The number of anilines is 1. The first-order chi connectivity index (χ1) is 8.25. The maximum atomic E-state index is 5.97. The number of hydrogen-bond donors (Lipinski definition) is 1. The Morgan fingerprint density at radius 2 is 2.06 bits per heavy atom. The zero-order valence-corrected chi connectivity index (χ0v) is 9.46. The van der Waals surface area contributed by atoms with Gasteiger partial charge >= 0.3 is 0 Å². The smallest absolute Gasteiger partial charge is 0.158 e. The molecule has 4 nitrogen and oxygen atoms in total. The first-order valence-electron chi connectivity index (χ1n) is 5.38. The number of pyridine rings is 1. The van der Waals surface area contributed by atoms with Crippen molar-refractivity contribution in [2.75, 3.05) is 5.73 Å². The first-order valence-corrected chi connectivity index (χ1v) is 5.38. The zero-order valence-electron chi connectivity index (χ0n) is 9.46. The van der Waals surface area contributed by atoms with Crippen LogP contribution in [0.25, 0.3) is 22.3 Å². The van der Waals surface area contributed by atoms with Gasteiger partial charge in [-0.3, -0.25) is 0 Å². The van der Waals surface area contributed by atoms with Gasteiger partial charge in [0, 0.05) is 24.8 Å². The Kier molecular flexibility index (Phi) is 2.08. The van der Waals surface area contributed by atoms with Crippen LogP contribution in [0.1, 0.15) is 0 Å². The summed E-state index contributed by atoms with van der Waals surface area (Å²) in [6.45, 7) is 0. The van der Waals surface area contributed by atoms with Crippen molar-refractivity contribution in [3.05, 3.63) is 42.7 Å².